The van der Waals surface area contributed by atoms with Crippen molar-refractivity contribution < 1.29 is 9.90 Å². The first-order chi connectivity index (χ1) is 8.58. The zero-order valence-electron chi connectivity index (χ0n) is 10.5. The van der Waals surface area contributed by atoms with Crippen molar-refractivity contribution in [1.29, 1.82) is 0 Å². The number of thiophene rings is 1. The maximum absolute atomic E-state index is 11.2. The van der Waals surface area contributed by atoms with Gasteiger partial charge in [-0.3, -0.25) is 4.68 Å². The quantitative estimate of drug-likeness (QED) is 0.901. The van der Waals surface area contributed by atoms with Gasteiger partial charge in [-0.15, -0.1) is 0 Å². The molecule has 2 aromatic heterocycles. The smallest absolute Gasteiger partial charge is 0.339 e. The van der Waals surface area contributed by atoms with Crippen LogP contribution in [0, 0.1) is 5.92 Å². The SMILES string of the molecule is CC(C)CCn1cc(C(=O)O)c(-c2ccsc2)n1. The van der Waals surface area contributed by atoms with Gasteiger partial charge in [0.2, 0.25) is 0 Å². The molecular formula is C13H16N2O2S. The summed E-state index contributed by atoms with van der Waals surface area (Å²) in [5.74, 6) is -0.348. The highest BCUT2D eigenvalue weighted by molar-refractivity contribution is 7.08. The Bertz CT molecular complexity index is 529. The van der Waals surface area contributed by atoms with Crippen LogP contribution in [0.2, 0.25) is 0 Å². The number of carbonyl (C=O) groups is 1. The second-order valence-electron chi connectivity index (χ2n) is 4.65. The minimum Gasteiger partial charge on any atom is -0.478 e. The van der Waals surface area contributed by atoms with Crippen molar-refractivity contribution in [2.75, 3.05) is 0 Å². The average molecular weight is 264 g/mol. The van der Waals surface area contributed by atoms with Crippen molar-refractivity contribution in [2.24, 2.45) is 5.92 Å². The van der Waals surface area contributed by atoms with E-state index < -0.39 is 5.97 Å². The number of hydrogen-bond donors (Lipinski definition) is 1. The molecule has 18 heavy (non-hydrogen) atoms. The third-order valence-electron chi connectivity index (χ3n) is 2.72. The molecule has 0 radical (unpaired) electrons. The van der Waals surface area contributed by atoms with E-state index in [0.29, 0.717) is 11.6 Å². The molecule has 2 rings (SSSR count). The number of aromatic carboxylic acids is 1. The Morgan fingerprint density at radius 1 is 1.56 bits per heavy atom. The molecule has 0 aliphatic rings. The highest BCUT2D eigenvalue weighted by Crippen LogP contribution is 2.24. The van der Waals surface area contributed by atoms with E-state index in [1.807, 2.05) is 16.8 Å². The molecule has 1 N–H and O–H groups in total. The summed E-state index contributed by atoms with van der Waals surface area (Å²) in [6, 6.07) is 1.90. The fraction of sp³-hybridized carbons (Fsp3) is 0.385. The summed E-state index contributed by atoms with van der Waals surface area (Å²) < 4.78 is 1.73. The minimum absolute atomic E-state index is 0.275. The largest absolute Gasteiger partial charge is 0.478 e. The van der Waals surface area contributed by atoms with Crippen molar-refractivity contribution in [1.82, 2.24) is 9.78 Å². The summed E-state index contributed by atoms with van der Waals surface area (Å²) in [5, 5.41) is 17.4. The predicted molar refractivity (Wildman–Crippen MR) is 72.0 cm³/mol. The number of nitrogens with zero attached hydrogens (tertiary/aromatic N) is 2. The summed E-state index contributed by atoms with van der Waals surface area (Å²) in [7, 11) is 0. The number of carboxylic acid groups (broad SMARTS) is 1. The standard InChI is InChI=1S/C13H16N2O2S/c1-9(2)3-5-15-7-11(13(16)17)12(14-15)10-4-6-18-8-10/h4,6-9H,3,5H2,1-2H3,(H,16,17). The summed E-state index contributed by atoms with van der Waals surface area (Å²) in [4.78, 5) is 11.2. The third-order valence-corrected chi connectivity index (χ3v) is 3.41. The summed E-state index contributed by atoms with van der Waals surface area (Å²) >= 11 is 1.54. The number of hydrogen-bond acceptors (Lipinski definition) is 3. The maximum atomic E-state index is 11.2. The second-order valence-corrected chi connectivity index (χ2v) is 5.43. The lowest BCUT2D eigenvalue weighted by Gasteiger charge is -2.03. The van der Waals surface area contributed by atoms with E-state index >= 15 is 0 Å². The maximum Gasteiger partial charge on any atom is 0.339 e. The van der Waals surface area contributed by atoms with E-state index in [1.165, 1.54) is 0 Å². The normalized spacial score (nSPS) is 11.1. The Balaban J connectivity index is 2.30. The van der Waals surface area contributed by atoms with Gasteiger partial charge in [-0.2, -0.15) is 16.4 Å². The van der Waals surface area contributed by atoms with Crippen molar-refractivity contribution in [3.8, 4) is 11.3 Å². The zero-order chi connectivity index (χ0) is 13.1. The van der Waals surface area contributed by atoms with E-state index in [9.17, 15) is 9.90 Å². The Morgan fingerprint density at radius 2 is 2.33 bits per heavy atom. The van der Waals surface area contributed by atoms with Crippen LogP contribution >= 0.6 is 11.3 Å². The highest BCUT2D eigenvalue weighted by atomic mass is 32.1. The molecule has 0 spiro atoms. The topological polar surface area (TPSA) is 55.1 Å². The first-order valence-electron chi connectivity index (χ1n) is 5.91. The minimum atomic E-state index is -0.924. The van der Waals surface area contributed by atoms with Crippen molar-refractivity contribution in [2.45, 2.75) is 26.8 Å². The van der Waals surface area contributed by atoms with E-state index in [2.05, 4.69) is 18.9 Å². The number of aryl methyl sites for hydroxylation is 1. The summed E-state index contributed by atoms with van der Waals surface area (Å²) in [6.45, 7) is 5.03. The Morgan fingerprint density at radius 3 is 2.89 bits per heavy atom. The molecule has 0 aliphatic heterocycles. The van der Waals surface area contributed by atoms with Gasteiger partial charge in [0, 0.05) is 23.7 Å². The lowest BCUT2D eigenvalue weighted by Crippen LogP contribution is -2.02. The lowest BCUT2D eigenvalue weighted by molar-refractivity contribution is 0.0697. The first-order valence-corrected chi connectivity index (χ1v) is 6.85. The van der Waals surface area contributed by atoms with Gasteiger partial charge >= 0.3 is 5.97 Å². The van der Waals surface area contributed by atoms with Crippen LogP contribution in [-0.2, 0) is 6.54 Å². The first kappa shape index (κ1) is 12.8. The fourth-order valence-electron chi connectivity index (χ4n) is 1.70. The van der Waals surface area contributed by atoms with Gasteiger partial charge in [0.25, 0.3) is 0 Å². The van der Waals surface area contributed by atoms with Crippen LogP contribution in [0.3, 0.4) is 0 Å². The van der Waals surface area contributed by atoms with Crippen molar-refractivity contribution in [3.63, 3.8) is 0 Å². The van der Waals surface area contributed by atoms with Gasteiger partial charge in [0.1, 0.15) is 11.3 Å². The molecule has 0 fully saturated rings. The van der Waals surface area contributed by atoms with Gasteiger partial charge < -0.3 is 5.11 Å². The molecule has 0 atom stereocenters. The Kier molecular flexibility index (Phi) is 3.81. The molecule has 0 bridgehead atoms. The fourth-order valence-corrected chi connectivity index (χ4v) is 2.34. The lowest BCUT2D eigenvalue weighted by atomic mass is 10.1. The van der Waals surface area contributed by atoms with Gasteiger partial charge in [-0.25, -0.2) is 4.79 Å². The van der Waals surface area contributed by atoms with Crippen LogP contribution in [0.5, 0.6) is 0 Å². The molecular weight excluding hydrogens is 248 g/mol. The van der Waals surface area contributed by atoms with Crippen LogP contribution in [0.25, 0.3) is 11.3 Å². The predicted octanol–water partition coefficient (Wildman–Crippen LogP) is 3.36. The van der Waals surface area contributed by atoms with E-state index in [-0.39, 0.29) is 5.56 Å². The monoisotopic (exact) mass is 264 g/mol. The van der Waals surface area contributed by atoms with Gasteiger partial charge in [0.15, 0.2) is 0 Å². The van der Waals surface area contributed by atoms with Crippen LogP contribution < -0.4 is 0 Å². The molecule has 4 nitrogen and oxygen atoms in total. The molecule has 0 saturated heterocycles. The molecule has 0 amide bonds. The number of carboxylic acids is 1. The van der Waals surface area contributed by atoms with Gasteiger partial charge in [-0.05, 0) is 23.8 Å². The molecule has 2 heterocycles. The molecule has 0 unspecified atom stereocenters. The van der Waals surface area contributed by atoms with E-state index in [4.69, 9.17) is 0 Å². The number of aromatic nitrogens is 2. The van der Waals surface area contributed by atoms with Crippen LogP contribution in [0.1, 0.15) is 30.6 Å². The van der Waals surface area contributed by atoms with Gasteiger partial charge in [0.05, 0.1) is 0 Å². The molecule has 5 heteroatoms. The zero-order valence-corrected chi connectivity index (χ0v) is 11.3. The highest BCUT2D eigenvalue weighted by Gasteiger charge is 2.17. The Hall–Kier alpha value is -1.62. The van der Waals surface area contributed by atoms with Crippen molar-refractivity contribution >= 4 is 17.3 Å². The average Bonchev–Trinajstić information content (AvgIpc) is 2.95. The molecule has 0 aliphatic carbocycles. The molecule has 2 aromatic rings. The summed E-state index contributed by atoms with van der Waals surface area (Å²) in [5.41, 5.74) is 1.71. The Labute approximate surface area is 110 Å². The molecule has 0 aromatic carbocycles. The van der Waals surface area contributed by atoms with Crippen LogP contribution in [-0.4, -0.2) is 20.9 Å². The van der Waals surface area contributed by atoms with Gasteiger partial charge in [-0.1, -0.05) is 13.8 Å². The summed E-state index contributed by atoms with van der Waals surface area (Å²) in [6.07, 6.45) is 2.61. The van der Waals surface area contributed by atoms with E-state index in [0.717, 1.165) is 18.5 Å². The van der Waals surface area contributed by atoms with Crippen LogP contribution in [0.4, 0.5) is 0 Å². The molecule has 96 valence electrons. The second kappa shape index (κ2) is 5.35. The van der Waals surface area contributed by atoms with E-state index in [1.54, 1.807) is 22.2 Å². The van der Waals surface area contributed by atoms with Crippen molar-refractivity contribution in [3.05, 3.63) is 28.6 Å². The molecule has 0 saturated carbocycles. The van der Waals surface area contributed by atoms with Crippen LogP contribution in [0.15, 0.2) is 23.0 Å². The third kappa shape index (κ3) is 2.79. The number of rotatable bonds is 5.